The minimum Gasteiger partial charge on any atom is -0.462 e. The van der Waals surface area contributed by atoms with E-state index in [1.54, 1.807) is 0 Å². The number of hydrogen-bond acceptors (Lipinski definition) is 5. The Balaban J connectivity index is 0.956. The van der Waals surface area contributed by atoms with E-state index >= 15 is 0 Å². The Morgan fingerprint density at radius 1 is 0.758 bits per heavy atom. The van der Waals surface area contributed by atoms with E-state index in [1.807, 2.05) is 13.8 Å². The van der Waals surface area contributed by atoms with Crippen LogP contribution < -0.4 is 0 Å². The van der Waals surface area contributed by atoms with Crippen molar-refractivity contribution < 1.29 is 23.8 Å². The second kappa shape index (κ2) is 7.70. The molecule has 182 valence electrons. The van der Waals surface area contributed by atoms with Gasteiger partial charge in [-0.1, -0.05) is 13.8 Å². The summed E-state index contributed by atoms with van der Waals surface area (Å²) in [7, 11) is 0. The molecule has 8 bridgehead atoms. The molecule has 8 atom stereocenters. The van der Waals surface area contributed by atoms with Crippen LogP contribution in [0.3, 0.4) is 0 Å². The van der Waals surface area contributed by atoms with Crippen LogP contribution in [0.15, 0.2) is 0 Å². The summed E-state index contributed by atoms with van der Waals surface area (Å²) in [5, 5.41) is 0. The molecule has 8 fully saturated rings. The molecule has 0 saturated heterocycles. The third-order valence-corrected chi connectivity index (χ3v) is 11.4. The fraction of sp³-hybridized carbons (Fsp3) is 0.929. The van der Waals surface area contributed by atoms with E-state index in [4.69, 9.17) is 14.2 Å². The van der Waals surface area contributed by atoms with Gasteiger partial charge in [-0.3, -0.25) is 9.59 Å². The van der Waals surface area contributed by atoms with Gasteiger partial charge in [-0.05, 0) is 117 Å². The average molecular weight is 457 g/mol. The highest BCUT2D eigenvalue weighted by Gasteiger charge is 2.66. The highest BCUT2D eigenvalue weighted by atomic mass is 16.7. The Labute approximate surface area is 197 Å². The number of carbonyl (C=O) groups is 2. The quantitative estimate of drug-likeness (QED) is 0.326. The lowest BCUT2D eigenvalue weighted by atomic mass is 9.55. The van der Waals surface area contributed by atoms with Gasteiger partial charge in [0, 0.05) is 0 Å². The molecule has 0 spiro atoms. The molecular formula is C28H40O5. The first-order valence-electron chi connectivity index (χ1n) is 13.9. The molecule has 0 N–H and O–H groups in total. The van der Waals surface area contributed by atoms with Crippen LogP contribution in [-0.2, 0) is 23.8 Å². The molecule has 0 aromatic carbocycles. The van der Waals surface area contributed by atoms with Crippen molar-refractivity contribution >= 4 is 11.9 Å². The van der Waals surface area contributed by atoms with Gasteiger partial charge in [-0.15, -0.1) is 0 Å². The second-order valence-electron chi connectivity index (χ2n) is 13.3. The van der Waals surface area contributed by atoms with Crippen molar-refractivity contribution in [3.05, 3.63) is 0 Å². The molecule has 5 nitrogen and oxygen atoms in total. The lowest BCUT2D eigenvalue weighted by molar-refractivity contribution is -0.192. The molecule has 0 aromatic rings. The first kappa shape index (κ1) is 21.2. The van der Waals surface area contributed by atoms with Crippen LogP contribution in [0.4, 0.5) is 0 Å². The van der Waals surface area contributed by atoms with E-state index in [1.165, 1.54) is 44.9 Å². The van der Waals surface area contributed by atoms with Crippen LogP contribution in [0, 0.1) is 71.0 Å². The lowest BCUT2D eigenvalue weighted by Gasteiger charge is -2.53. The van der Waals surface area contributed by atoms with Gasteiger partial charge in [-0.2, -0.15) is 0 Å². The van der Waals surface area contributed by atoms with Crippen LogP contribution in [0.5, 0.6) is 0 Å². The van der Waals surface area contributed by atoms with Crippen LogP contribution in [0.2, 0.25) is 0 Å². The number of hydrogen-bond donors (Lipinski definition) is 0. The summed E-state index contributed by atoms with van der Waals surface area (Å²) < 4.78 is 18.0. The first-order chi connectivity index (χ1) is 16.0. The van der Waals surface area contributed by atoms with Gasteiger partial charge in [0.25, 0.3) is 0 Å². The third kappa shape index (κ3) is 3.27. The molecule has 8 aliphatic rings. The maximum atomic E-state index is 13.1. The Bertz CT molecular complexity index is 793. The van der Waals surface area contributed by atoms with Crippen molar-refractivity contribution in [2.45, 2.75) is 83.8 Å². The number of rotatable bonds is 6. The number of carbonyl (C=O) groups excluding carboxylic acids is 2. The SMILES string of the molecule is CC(C)C(=O)OC1CC2CC1C1C3CC(CC3C(=O)OCOC3C4CC5CC(C4)CC3C5)C21. The summed E-state index contributed by atoms with van der Waals surface area (Å²) in [5.74, 6) is 6.66. The standard InChI is InChI=1S/C28H40O5/c1-13(2)27(29)33-23-11-17-10-22(23)25-20-8-16(24(17)25)9-21(20)28(30)32-12-31-26-18-4-14-3-15(6-18)7-19(26)5-14/h13-26H,3-12H2,1-2H3. The fourth-order valence-corrected chi connectivity index (χ4v) is 10.7. The molecule has 8 saturated carbocycles. The molecule has 0 heterocycles. The molecule has 8 unspecified atom stereocenters. The Morgan fingerprint density at radius 2 is 1.42 bits per heavy atom. The largest absolute Gasteiger partial charge is 0.462 e. The van der Waals surface area contributed by atoms with Crippen LogP contribution in [0.1, 0.15) is 71.6 Å². The lowest BCUT2D eigenvalue weighted by Crippen LogP contribution is -2.49. The molecule has 5 heteroatoms. The van der Waals surface area contributed by atoms with Crippen molar-refractivity contribution in [3.8, 4) is 0 Å². The number of ether oxygens (including phenoxy) is 3. The van der Waals surface area contributed by atoms with Crippen LogP contribution in [-0.4, -0.2) is 30.9 Å². The Morgan fingerprint density at radius 3 is 2.12 bits per heavy atom. The van der Waals surface area contributed by atoms with Crippen LogP contribution in [0.25, 0.3) is 0 Å². The van der Waals surface area contributed by atoms with E-state index in [0.717, 1.165) is 30.6 Å². The van der Waals surface area contributed by atoms with Gasteiger partial charge in [0.2, 0.25) is 0 Å². The van der Waals surface area contributed by atoms with E-state index in [9.17, 15) is 9.59 Å². The highest BCUT2D eigenvalue weighted by molar-refractivity contribution is 5.73. The zero-order valence-electron chi connectivity index (χ0n) is 20.2. The Hall–Kier alpha value is -1.10. The van der Waals surface area contributed by atoms with Gasteiger partial charge >= 0.3 is 11.9 Å². The van der Waals surface area contributed by atoms with Crippen LogP contribution >= 0.6 is 0 Å². The van der Waals surface area contributed by atoms with Gasteiger partial charge < -0.3 is 14.2 Å². The van der Waals surface area contributed by atoms with E-state index < -0.39 is 0 Å². The second-order valence-corrected chi connectivity index (χ2v) is 13.3. The summed E-state index contributed by atoms with van der Waals surface area (Å²) in [4.78, 5) is 25.4. The summed E-state index contributed by atoms with van der Waals surface area (Å²) in [6, 6.07) is 0. The molecule has 0 aromatic heterocycles. The summed E-state index contributed by atoms with van der Waals surface area (Å²) in [5.41, 5.74) is 0. The molecule has 8 rings (SSSR count). The number of fused-ring (bicyclic) bond motifs is 9. The molecular weight excluding hydrogens is 416 g/mol. The van der Waals surface area contributed by atoms with Gasteiger partial charge in [-0.25, -0.2) is 0 Å². The van der Waals surface area contributed by atoms with E-state index in [0.29, 0.717) is 47.5 Å². The predicted molar refractivity (Wildman–Crippen MR) is 120 cm³/mol. The minimum atomic E-state index is -0.0721. The third-order valence-electron chi connectivity index (χ3n) is 11.4. The zero-order chi connectivity index (χ0) is 22.4. The van der Waals surface area contributed by atoms with Gasteiger partial charge in [0.1, 0.15) is 6.10 Å². The van der Waals surface area contributed by atoms with Crippen molar-refractivity contribution in [2.24, 2.45) is 71.0 Å². The van der Waals surface area contributed by atoms with Crippen molar-refractivity contribution in [1.29, 1.82) is 0 Å². The van der Waals surface area contributed by atoms with Gasteiger partial charge in [0.15, 0.2) is 6.79 Å². The fourth-order valence-electron chi connectivity index (χ4n) is 10.7. The number of esters is 2. The van der Waals surface area contributed by atoms with E-state index in [-0.39, 0.29) is 36.7 Å². The predicted octanol–water partition coefficient (Wildman–Crippen LogP) is 4.82. The highest BCUT2D eigenvalue weighted by Crippen LogP contribution is 2.69. The zero-order valence-corrected chi connectivity index (χ0v) is 20.2. The summed E-state index contributed by atoms with van der Waals surface area (Å²) in [6.07, 6.45) is 11.5. The topological polar surface area (TPSA) is 61.8 Å². The maximum absolute atomic E-state index is 13.1. The van der Waals surface area contributed by atoms with Crippen molar-refractivity contribution in [2.75, 3.05) is 6.79 Å². The summed E-state index contributed by atoms with van der Waals surface area (Å²) >= 11 is 0. The summed E-state index contributed by atoms with van der Waals surface area (Å²) in [6.45, 7) is 3.97. The minimum absolute atomic E-state index is 0.0248. The molecule has 33 heavy (non-hydrogen) atoms. The molecule has 0 radical (unpaired) electrons. The normalized spacial score (nSPS) is 52.5. The van der Waals surface area contributed by atoms with E-state index in [2.05, 4.69) is 0 Å². The van der Waals surface area contributed by atoms with Crippen molar-refractivity contribution in [1.82, 2.24) is 0 Å². The average Bonchev–Trinajstić information content (AvgIpc) is 3.53. The first-order valence-corrected chi connectivity index (χ1v) is 13.9. The van der Waals surface area contributed by atoms with Gasteiger partial charge in [0.05, 0.1) is 17.9 Å². The molecule has 0 amide bonds. The smallest absolute Gasteiger partial charge is 0.311 e. The molecule has 0 aliphatic heterocycles. The Kier molecular flexibility index (Phi) is 4.95. The monoisotopic (exact) mass is 456 g/mol. The van der Waals surface area contributed by atoms with Crippen molar-refractivity contribution in [3.63, 3.8) is 0 Å². The maximum Gasteiger partial charge on any atom is 0.311 e. The molecule has 8 aliphatic carbocycles.